The Morgan fingerprint density at radius 2 is 1.72 bits per heavy atom. The first-order chi connectivity index (χ1) is 13.9. The third-order valence-corrected chi connectivity index (χ3v) is 6.81. The molecule has 3 aromatic rings. The summed E-state index contributed by atoms with van der Waals surface area (Å²) in [4.78, 5) is 28.9. The monoisotopic (exact) mass is 412 g/mol. The van der Waals surface area contributed by atoms with Gasteiger partial charge in [-0.3, -0.25) is 14.2 Å². The number of nitrogens with zero attached hydrogens (tertiary/aromatic N) is 3. The Kier molecular flexibility index (Phi) is 5.16. The average Bonchev–Trinajstić information content (AvgIpc) is 3.26. The molecule has 0 bridgehead atoms. The Morgan fingerprint density at radius 3 is 2.45 bits per heavy atom. The van der Waals surface area contributed by atoms with Gasteiger partial charge in [0, 0.05) is 18.8 Å². The number of rotatable bonds is 5. The fraction of sp³-hybridized carbons (Fsp3) is 0.250. The number of amides is 1. The molecule has 0 atom stereocenters. The van der Waals surface area contributed by atoms with Crippen LogP contribution in [0, 0.1) is 0 Å². The van der Waals surface area contributed by atoms with E-state index >= 15 is 0 Å². The van der Waals surface area contributed by atoms with Crippen molar-refractivity contribution >= 4 is 32.7 Å². The highest BCUT2D eigenvalue weighted by atomic mass is 32.2. The number of para-hydroxylation sites is 2. The third-order valence-electron chi connectivity index (χ3n) is 4.90. The van der Waals surface area contributed by atoms with Crippen molar-refractivity contribution in [2.45, 2.75) is 24.3 Å². The smallest absolute Gasteiger partial charge is 0.269 e. The number of nitrogens with one attached hydrogen (secondary N) is 1. The number of hydrogen-bond donors (Lipinski definition) is 1. The number of anilines is 1. The Hall–Kier alpha value is -3.04. The van der Waals surface area contributed by atoms with Gasteiger partial charge < -0.3 is 5.32 Å². The number of sulfonamides is 1. The lowest BCUT2D eigenvalue weighted by atomic mass is 10.3. The quantitative estimate of drug-likeness (QED) is 0.689. The van der Waals surface area contributed by atoms with Crippen molar-refractivity contribution < 1.29 is 13.2 Å². The van der Waals surface area contributed by atoms with Crippen molar-refractivity contribution in [3.05, 3.63) is 65.1 Å². The number of benzene rings is 2. The minimum atomic E-state index is -3.49. The minimum absolute atomic E-state index is 0.171. The lowest BCUT2D eigenvalue weighted by molar-refractivity contribution is -0.116. The summed E-state index contributed by atoms with van der Waals surface area (Å²) in [5.41, 5.74) is 1.28. The maximum Gasteiger partial charge on any atom is 0.269 e. The summed E-state index contributed by atoms with van der Waals surface area (Å²) in [5.74, 6) is -0.390. The minimum Gasteiger partial charge on any atom is -0.325 e. The third kappa shape index (κ3) is 3.92. The zero-order valence-electron chi connectivity index (χ0n) is 15.6. The molecule has 1 saturated heterocycles. The molecular weight excluding hydrogens is 392 g/mol. The summed E-state index contributed by atoms with van der Waals surface area (Å²) in [6.45, 7) is 0.903. The second-order valence-corrected chi connectivity index (χ2v) is 8.79. The molecule has 2 aromatic carbocycles. The Balaban J connectivity index is 1.50. The van der Waals surface area contributed by atoms with Crippen molar-refractivity contribution in [2.24, 2.45) is 0 Å². The standard InChI is InChI=1S/C20H20N4O4S/c25-19(14-24-18-6-2-1-5-17(18)21-13-20(24)26)22-15-7-9-16(10-8-15)29(27,28)23-11-3-4-12-23/h1-2,5-10,13H,3-4,11-12,14H2,(H,22,25). The maximum absolute atomic E-state index is 12.6. The van der Waals surface area contributed by atoms with E-state index in [9.17, 15) is 18.0 Å². The zero-order chi connectivity index (χ0) is 20.4. The van der Waals surface area contributed by atoms with Gasteiger partial charge in [0.05, 0.1) is 22.1 Å². The summed E-state index contributed by atoms with van der Waals surface area (Å²) in [7, 11) is -3.49. The molecule has 0 spiro atoms. The molecule has 2 heterocycles. The van der Waals surface area contributed by atoms with Crippen LogP contribution in [0.1, 0.15) is 12.8 Å². The van der Waals surface area contributed by atoms with E-state index < -0.39 is 15.9 Å². The molecule has 0 saturated carbocycles. The van der Waals surface area contributed by atoms with Crippen LogP contribution >= 0.6 is 0 Å². The van der Waals surface area contributed by atoms with Crippen LogP contribution in [0.5, 0.6) is 0 Å². The van der Waals surface area contributed by atoms with Gasteiger partial charge in [0.15, 0.2) is 0 Å². The molecule has 0 unspecified atom stereocenters. The van der Waals surface area contributed by atoms with Gasteiger partial charge in [0.1, 0.15) is 6.54 Å². The van der Waals surface area contributed by atoms with Crippen LogP contribution in [0.2, 0.25) is 0 Å². The van der Waals surface area contributed by atoms with Gasteiger partial charge in [0.25, 0.3) is 5.56 Å². The molecule has 1 aromatic heterocycles. The first kappa shape index (κ1) is 19.3. The van der Waals surface area contributed by atoms with Crippen LogP contribution in [0.3, 0.4) is 0 Å². The van der Waals surface area contributed by atoms with Crippen LogP contribution in [0.25, 0.3) is 11.0 Å². The summed E-state index contributed by atoms with van der Waals surface area (Å²) in [6, 6.07) is 13.1. The molecule has 8 nitrogen and oxygen atoms in total. The SMILES string of the molecule is O=C(Cn1c(=O)cnc2ccccc21)Nc1ccc(S(=O)(=O)N2CCCC2)cc1. The van der Waals surface area contributed by atoms with E-state index in [-0.39, 0.29) is 17.0 Å². The highest BCUT2D eigenvalue weighted by Crippen LogP contribution is 2.22. The van der Waals surface area contributed by atoms with E-state index in [2.05, 4.69) is 10.3 Å². The van der Waals surface area contributed by atoms with Crippen LogP contribution in [-0.4, -0.2) is 41.3 Å². The molecule has 1 N–H and O–H groups in total. The zero-order valence-corrected chi connectivity index (χ0v) is 16.4. The number of hydrogen-bond acceptors (Lipinski definition) is 5. The van der Waals surface area contributed by atoms with Gasteiger partial charge in [-0.05, 0) is 49.2 Å². The highest BCUT2D eigenvalue weighted by Gasteiger charge is 2.26. The predicted molar refractivity (Wildman–Crippen MR) is 109 cm³/mol. The molecule has 1 aliphatic heterocycles. The van der Waals surface area contributed by atoms with Crippen molar-refractivity contribution in [3.8, 4) is 0 Å². The summed E-state index contributed by atoms with van der Waals surface area (Å²) < 4.78 is 28.0. The van der Waals surface area contributed by atoms with E-state index in [4.69, 9.17) is 0 Å². The Labute approximate surface area is 167 Å². The molecule has 0 aliphatic carbocycles. The first-order valence-corrected chi connectivity index (χ1v) is 10.7. The van der Waals surface area contributed by atoms with Gasteiger partial charge >= 0.3 is 0 Å². The van der Waals surface area contributed by atoms with Crippen molar-refractivity contribution in [3.63, 3.8) is 0 Å². The topological polar surface area (TPSA) is 101 Å². The lowest BCUT2D eigenvalue weighted by Crippen LogP contribution is -2.28. The summed E-state index contributed by atoms with van der Waals surface area (Å²) >= 11 is 0. The van der Waals surface area contributed by atoms with E-state index in [1.54, 1.807) is 30.3 Å². The van der Waals surface area contributed by atoms with Crippen LogP contribution in [0.4, 0.5) is 5.69 Å². The number of fused-ring (bicyclic) bond motifs is 1. The molecule has 9 heteroatoms. The Bertz CT molecular complexity index is 1210. The summed E-state index contributed by atoms with van der Waals surface area (Å²) in [6.07, 6.45) is 2.93. The molecular formula is C20H20N4O4S. The largest absolute Gasteiger partial charge is 0.325 e. The number of carbonyl (C=O) groups is 1. The fourth-order valence-corrected chi connectivity index (χ4v) is 4.93. The van der Waals surface area contributed by atoms with Crippen LogP contribution in [-0.2, 0) is 21.4 Å². The second kappa shape index (κ2) is 7.76. The molecule has 29 heavy (non-hydrogen) atoms. The molecule has 1 amide bonds. The summed E-state index contributed by atoms with van der Waals surface area (Å²) in [5, 5.41) is 2.70. The highest BCUT2D eigenvalue weighted by molar-refractivity contribution is 7.89. The van der Waals surface area contributed by atoms with Crippen LogP contribution in [0.15, 0.2) is 64.4 Å². The van der Waals surface area contributed by atoms with Gasteiger partial charge in [-0.25, -0.2) is 13.4 Å². The average molecular weight is 412 g/mol. The van der Waals surface area contributed by atoms with E-state index in [0.717, 1.165) is 12.8 Å². The van der Waals surface area contributed by atoms with Gasteiger partial charge in [-0.1, -0.05) is 12.1 Å². The van der Waals surface area contributed by atoms with Crippen molar-refractivity contribution in [2.75, 3.05) is 18.4 Å². The fourth-order valence-electron chi connectivity index (χ4n) is 3.41. The predicted octanol–water partition coefficient (Wildman–Crippen LogP) is 1.82. The van der Waals surface area contributed by atoms with Crippen molar-refractivity contribution in [1.29, 1.82) is 0 Å². The van der Waals surface area contributed by atoms with Crippen molar-refractivity contribution in [1.82, 2.24) is 13.9 Å². The van der Waals surface area contributed by atoms with Crippen LogP contribution < -0.4 is 10.9 Å². The molecule has 4 rings (SSSR count). The molecule has 0 radical (unpaired) electrons. The first-order valence-electron chi connectivity index (χ1n) is 9.30. The van der Waals surface area contributed by atoms with Gasteiger partial charge in [-0.2, -0.15) is 4.31 Å². The van der Waals surface area contributed by atoms with Gasteiger partial charge in [-0.15, -0.1) is 0 Å². The van der Waals surface area contributed by atoms with E-state index in [0.29, 0.717) is 29.8 Å². The number of aromatic nitrogens is 2. The maximum atomic E-state index is 12.6. The normalized spacial score (nSPS) is 14.9. The van der Waals surface area contributed by atoms with E-state index in [1.165, 1.54) is 27.2 Å². The number of carbonyl (C=O) groups excluding carboxylic acids is 1. The van der Waals surface area contributed by atoms with E-state index in [1.807, 2.05) is 6.07 Å². The second-order valence-electron chi connectivity index (χ2n) is 6.86. The lowest BCUT2D eigenvalue weighted by Gasteiger charge is -2.15. The van der Waals surface area contributed by atoms with Gasteiger partial charge in [0.2, 0.25) is 15.9 Å². The molecule has 150 valence electrons. The molecule has 1 fully saturated rings. The molecule has 1 aliphatic rings. The Morgan fingerprint density at radius 1 is 1.03 bits per heavy atom.